The lowest BCUT2D eigenvalue weighted by atomic mass is 10.0. The van der Waals surface area contributed by atoms with Crippen LogP contribution in [-0.2, 0) is 11.2 Å². The third kappa shape index (κ3) is 4.96. The molecule has 1 amide bonds. The molecule has 1 atom stereocenters. The number of rotatable bonds is 7. The highest BCUT2D eigenvalue weighted by molar-refractivity contribution is 5.78. The third-order valence-electron chi connectivity index (χ3n) is 4.25. The molecule has 3 aromatic rings. The molecule has 0 saturated carbocycles. The van der Waals surface area contributed by atoms with Gasteiger partial charge in [-0.2, -0.15) is 0 Å². The Balaban J connectivity index is 1.58. The smallest absolute Gasteiger partial charge is 0.258 e. The zero-order chi connectivity index (χ0) is 18.2. The van der Waals surface area contributed by atoms with Crippen LogP contribution in [0, 0.1) is 0 Å². The summed E-state index contributed by atoms with van der Waals surface area (Å²) >= 11 is 0. The van der Waals surface area contributed by atoms with E-state index in [2.05, 4.69) is 17.4 Å². The number of carbonyl (C=O) groups excluding carboxylic acids is 1. The highest BCUT2D eigenvalue weighted by Crippen LogP contribution is 2.21. The maximum Gasteiger partial charge on any atom is 0.258 e. The Morgan fingerprint density at radius 3 is 2.23 bits per heavy atom. The minimum Gasteiger partial charge on any atom is -0.483 e. The molecule has 0 fully saturated rings. The fourth-order valence-corrected chi connectivity index (χ4v) is 2.86. The molecule has 3 rings (SSSR count). The second kappa shape index (κ2) is 8.86. The molecule has 1 N–H and O–H groups in total. The topological polar surface area (TPSA) is 38.3 Å². The summed E-state index contributed by atoms with van der Waals surface area (Å²) in [7, 11) is 0. The molecule has 0 saturated heterocycles. The van der Waals surface area contributed by atoms with E-state index in [0.717, 1.165) is 23.3 Å². The van der Waals surface area contributed by atoms with Crippen molar-refractivity contribution in [1.29, 1.82) is 0 Å². The Labute approximate surface area is 154 Å². The molecule has 3 nitrogen and oxygen atoms in total. The molecule has 3 aromatic carbocycles. The van der Waals surface area contributed by atoms with E-state index >= 15 is 0 Å². The second-order valence-electron chi connectivity index (χ2n) is 6.26. The fraction of sp³-hybridized carbons (Fsp3) is 0.174. The van der Waals surface area contributed by atoms with Gasteiger partial charge in [-0.05, 0) is 29.7 Å². The first-order valence-electron chi connectivity index (χ1n) is 8.81. The predicted molar refractivity (Wildman–Crippen MR) is 104 cm³/mol. The molecule has 0 aliphatic carbocycles. The van der Waals surface area contributed by atoms with Gasteiger partial charge in [0.1, 0.15) is 5.75 Å². The van der Waals surface area contributed by atoms with Crippen LogP contribution in [0.3, 0.4) is 0 Å². The summed E-state index contributed by atoms with van der Waals surface area (Å²) in [6.07, 6.45) is 0.777. The molecule has 0 aromatic heterocycles. The van der Waals surface area contributed by atoms with Gasteiger partial charge < -0.3 is 10.1 Å². The van der Waals surface area contributed by atoms with Gasteiger partial charge in [0.2, 0.25) is 0 Å². The number of benzene rings is 3. The quantitative estimate of drug-likeness (QED) is 0.683. The number of ether oxygens (including phenoxy) is 1. The van der Waals surface area contributed by atoms with Crippen LogP contribution < -0.4 is 10.1 Å². The highest BCUT2D eigenvalue weighted by atomic mass is 16.5. The van der Waals surface area contributed by atoms with Crippen molar-refractivity contribution in [2.75, 3.05) is 6.61 Å². The van der Waals surface area contributed by atoms with Crippen molar-refractivity contribution in [1.82, 2.24) is 5.32 Å². The van der Waals surface area contributed by atoms with E-state index < -0.39 is 0 Å². The highest BCUT2D eigenvalue weighted by Gasteiger charge is 2.11. The fourth-order valence-electron chi connectivity index (χ4n) is 2.86. The Bertz CT molecular complexity index is 831. The lowest BCUT2D eigenvalue weighted by molar-refractivity contribution is -0.123. The molecule has 0 bridgehead atoms. The lowest BCUT2D eigenvalue weighted by Gasteiger charge is -2.16. The van der Waals surface area contributed by atoms with Gasteiger partial charge in [-0.25, -0.2) is 0 Å². The predicted octanol–water partition coefficient (Wildman–Crippen LogP) is 4.53. The minimum absolute atomic E-state index is 0.00295. The summed E-state index contributed by atoms with van der Waals surface area (Å²) in [5.74, 6) is 0.620. The summed E-state index contributed by atoms with van der Waals surface area (Å²) < 4.78 is 5.80. The SMILES string of the molecule is C[C@@H](NC(=O)COc1ccccc1Cc1ccccc1)c1ccccc1. The van der Waals surface area contributed by atoms with Crippen LogP contribution in [0.2, 0.25) is 0 Å². The standard InChI is InChI=1S/C23H23NO2/c1-18(20-12-6-3-7-13-20)24-23(25)17-26-22-15-9-8-14-21(22)16-19-10-4-2-5-11-19/h2-15,18H,16-17H2,1H3,(H,24,25)/t18-/m1/s1. The summed E-state index contributed by atoms with van der Waals surface area (Å²) in [6, 6.07) is 27.9. The Hall–Kier alpha value is -3.07. The van der Waals surface area contributed by atoms with E-state index in [1.165, 1.54) is 5.56 Å². The van der Waals surface area contributed by atoms with E-state index in [0.29, 0.717) is 0 Å². The van der Waals surface area contributed by atoms with E-state index in [1.807, 2.05) is 79.7 Å². The van der Waals surface area contributed by atoms with E-state index in [-0.39, 0.29) is 18.6 Å². The number of amides is 1. The number of hydrogen-bond acceptors (Lipinski definition) is 2. The molecule has 132 valence electrons. The van der Waals surface area contributed by atoms with Gasteiger partial charge in [0, 0.05) is 6.42 Å². The van der Waals surface area contributed by atoms with Crippen molar-refractivity contribution in [3.05, 3.63) is 102 Å². The molecule has 0 unspecified atom stereocenters. The average Bonchev–Trinajstić information content (AvgIpc) is 2.69. The Kier molecular flexibility index (Phi) is 6.05. The first-order valence-corrected chi connectivity index (χ1v) is 8.81. The largest absolute Gasteiger partial charge is 0.483 e. The van der Waals surface area contributed by atoms with Gasteiger partial charge in [0.25, 0.3) is 5.91 Å². The van der Waals surface area contributed by atoms with Crippen LogP contribution >= 0.6 is 0 Å². The van der Waals surface area contributed by atoms with E-state index in [1.54, 1.807) is 0 Å². The molecular formula is C23H23NO2. The minimum atomic E-state index is -0.129. The summed E-state index contributed by atoms with van der Waals surface area (Å²) in [5.41, 5.74) is 3.36. The molecule has 0 radical (unpaired) electrons. The van der Waals surface area contributed by atoms with Crippen LogP contribution in [0.15, 0.2) is 84.9 Å². The number of nitrogens with one attached hydrogen (secondary N) is 1. The maximum atomic E-state index is 12.2. The maximum absolute atomic E-state index is 12.2. The van der Waals surface area contributed by atoms with Crippen LogP contribution in [0.1, 0.15) is 29.7 Å². The summed E-state index contributed by atoms with van der Waals surface area (Å²) in [4.78, 5) is 12.2. The first-order chi connectivity index (χ1) is 12.7. The van der Waals surface area contributed by atoms with Gasteiger partial charge in [-0.15, -0.1) is 0 Å². The second-order valence-corrected chi connectivity index (χ2v) is 6.26. The van der Waals surface area contributed by atoms with Crippen molar-refractivity contribution < 1.29 is 9.53 Å². The zero-order valence-electron chi connectivity index (χ0n) is 14.9. The number of carbonyl (C=O) groups is 1. The van der Waals surface area contributed by atoms with Crippen LogP contribution in [0.25, 0.3) is 0 Å². The van der Waals surface area contributed by atoms with Gasteiger partial charge in [0.05, 0.1) is 6.04 Å². The van der Waals surface area contributed by atoms with Crippen molar-refractivity contribution in [2.45, 2.75) is 19.4 Å². The van der Waals surface area contributed by atoms with Crippen molar-refractivity contribution >= 4 is 5.91 Å². The summed E-state index contributed by atoms with van der Waals surface area (Å²) in [5, 5.41) is 2.97. The molecular weight excluding hydrogens is 322 g/mol. The summed E-state index contributed by atoms with van der Waals surface area (Å²) in [6.45, 7) is 1.97. The lowest BCUT2D eigenvalue weighted by Crippen LogP contribution is -2.31. The average molecular weight is 345 g/mol. The first kappa shape index (κ1) is 17.7. The molecule has 26 heavy (non-hydrogen) atoms. The van der Waals surface area contributed by atoms with Crippen molar-refractivity contribution in [2.24, 2.45) is 0 Å². The molecule has 0 aliphatic heterocycles. The van der Waals surface area contributed by atoms with Crippen LogP contribution in [-0.4, -0.2) is 12.5 Å². The van der Waals surface area contributed by atoms with Gasteiger partial charge in [-0.1, -0.05) is 78.9 Å². The molecule has 3 heteroatoms. The molecule has 0 aliphatic rings. The van der Waals surface area contributed by atoms with Gasteiger partial charge in [0.15, 0.2) is 6.61 Å². The third-order valence-corrected chi connectivity index (χ3v) is 4.25. The van der Waals surface area contributed by atoms with Crippen LogP contribution in [0.5, 0.6) is 5.75 Å². The van der Waals surface area contributed by atoms with Crippen molar-refractivity contribution in [3.8, 4) is 5.75 Å². The Morgan fingerprint density at radius 2 is 1.50 bits per heavy atom. The Morgan fingerprint density at radius 1 is 0.885 bits per heavy atom. The molecule has 0 spiro atoms. The number of para-hydroxylation sites is 1. The van der Waals surface area contributed by atoms with Crippen molar-refractivity contribution in [3.63, 3.8) is 0 Å². The molecule has 0 heterocycles. The van der Waals surface area contributed by atoms with Crippen LogP contribution in [0.4, 0.5) is 0 Å². The van der Waals surface area contributed by atoms with Gasteiger partial charge in [-0.3, -0.25) is 4.79 Å². The van der Waals surface area contributed by atoms with E-state index in [9.17, 15) is 4.79 Å². The zero-order valence-corrected chi connectivity index (χ0v) is 14.9. The van der Waals surface area contributed by atoms with E-state index in [4.69, 9.17) is 4.74 Å². The number of hydrogen-bond donors (Lipinski definition) is 1. The van der Waals surface area contributed by atoms with Gasteiger partial charge >= 0.3 is 0 Å². The normalized spacial score (nSPS) is 11.6. The monoisotopic (exact) mass is 345 g/mol.